The SMILES string of the molecule is CCC(C)F.CCCC(CC)C(CC)(CC)OC(=O)C1(C)CC2CC(C1)C1C2C2CCC(C)(OC=O)C1C2. The van der Waals surface area contributed by atoms with Crippen LogP contribution in [0.4, 0.5) is 4.39 Å². The van der Waals surface area contributed by atoms with Crippen molar-refractivity contribution in [1.29, 1.82) is 0 Å². The first-order chi connectivity index (χ1) is 18.0. The van der Waals surface area contributed by atoms with Crippen molar-refractivity contribution < 1.29 is 23.5 Å². The number of halogens is 1. The molecule has 4 saturated carbocycles. The summed E-state index contributed by atoms with van der Waals surface area (Å²) >= 11 is 0. The first-order valence-corrected chi connectivity index (χ1v) is 16.0. The van der Waals surface area contributed by atoms with Crippen molar-refractivity contribution in [1.82, 2.24) is 0 Å². The second kappa shape index (κ2) is 12.6. The Hall–Kier alpha value is -1.13. The molecule has 0 radical (unpaired) electrons. The molecule has 38 heavy (non-hydrogen) atoms. The normalized spacial score (nSPS) is 38.9. The molecule has 0 aromatic carbocycles. The molecule has 0 spiro atoms. The van der Waals surface area contributed by atoms with Gasteiger partial charge in [-0.05, 0) is 127 Å². The van der Waals surface area contributed by atoms with Gasteiger partial charge in [0, 0.05) is 5.92 Å². The first-order valence-electron chi connectivity index (χ1n) is 16.0. The van der Waals surface area contributed by atoms with Gasteiger partial charge in [-0.25, -0.2) is 4.39 Å². The lowest BCUT2D eigenvalue weighted by molar-refractivity contribution is -0.184. The topological polar surface area (TPSA) is 52.6 Å². The quantitative estimate of drug-likeness (QED) is 0.151. The van der Waals surface area contributed by atoms with Crippen molar-refractivity contribution in [3.63, 3.8) is 0 Å². The number of esters is 1. The van der Waals surface area contributed by atoms with Crippen LogP contribution in [0.15, 0.2) is 0 Å². The molecule has 5 heteroatoms. The van der Waals surface area contributed by atoms with E-state index in [1.807, 2.05) is 6.92 Å². The van der Waals surface area contributed by atoms with Crippen molar-refractivity contribution in [2.45, 2.75) is 150 Å². The fraction of sp³-hybridized carbons (Fsp3) is 0.939. The Bertz CT molecular complexity index is 794. The Morgan fingerprint density at radius 3 is 2.11 bits per heavy atom. The molecule has 0 heterocycles. The summed E-state index contributed by atoms with van der Waals surface area (Å²) in [4.78, 5) is 25.2. The molecule has 0 aliphatic heterocycles. The fourth-order valence-electron chi connectivity index (χ4n) is 9.55. The molecule has 0 N–H and O–H groups in total. The minimum atomic E-state index is -0.616. The van der Waals surface area contributed by atoms with Crippen LogP contribution in [0.1, 0.15) is 132 Å². The van der Waals surface area contributed by atoms with Crippen LogP contribution >= 0.6 is 0 Å². The highest BCUT2D eigenvalue weighted by atomic mass is 19.1. The van der Waals surface area contributed by atoms with Crippen molar-refractivity contribution in [2.75, 3.05) is 0 Å². The van der Waals surface area contributed by atoms with Crippen LogP contribution in [0.25, 0.3) is 0 Å². The Kier molecular flexibility index (Phi) is 10.4. The van der Waals surface area contributed by atoms with Crippen LogP contribution in [0.2, 0.25) is 0 Å². The number of hydrogen-bond acceptors (Lipinski definition) is 4. The third kappa shape index (κ3) is 5.82. The van der Waals surface area contributed by atoms with Crippen LogP contribution in [-0.2, 0) is 19.1 Å². The maximum Gasteiger partial charge on any atom is 0.312 e. The van der Waals surface area contributed by atoms with E-state index in [4.69, 9.17) is 9.47 Å². The van der Waals surface area contributed by atoms with Gasteiger partial charge in [0.2, 0.25) is 0 Å². The lowest BCUT2D eigenvalue weighted by Crippen LogP contribution is -2.47. The molecule has 220 valence electrons. The number of carbonyl (C=O) groups is 2. The summed E-state index contributed by atoms with van der Waals surface area (Å²) < 4.78 is 23.8. The smallest absolute Gasteiger partial charge is 0.312 e. The highest BCUT2D eigenvalue weighted by Gasteiger charge is 2.65. The minimum Gasteiger partial charge on any atom is -0.461 e. The van der Waals surface area contributed by atoms with Crippen LogP contribution in [0.3, 0.4) is 0 Å². The maximum atomic E-state index is 13.9. The molecule has 10 unspecified atom stereocenters. The number of ether oxygens (including phenoxy) is 2. The summed E-state index contributed by atoms with van der Waals surface area (Å²) in [6.45, 7) is 17.3. The van der Waals surface area contributed by atoms with Gasteiger partial charge in [-0.3, -0.25) is 9.59 Å². The third-order valence-electron chi connectivity index (χ3n) is 11.7. The van der Waals surface area contributed by atoms with Crippen LogP contribution in [0, 0.1) is 46.8 Å². The molecule has 4 nitrogen and oxygen atoms in total. The molecule has 0 amide bonds. The molecule has 4 rings (SSSR count). The number of carbonyl (C=O) groups excluding carboxylic acids is 2. The van der Waals surface area contributed by atoms with E-state index in [0.29, 0.717) is 48.4 Å². The number of fused-ring (bicyclic) bond motifs is 9. The molecular formula is C33H57FO4. The predicted octanol–water partition coefficient (Wildman–Crippen LogP) is 8.70. The fourth-order valence-corrected chi connectivity index (χ4v) is 9.55. The molecule has 4 aliphatic rings. The Labute approximate surface area is 232 Å². The molecule has 10 atom stereocenters. The average Bonchev–Trinajstić information content (AvgIpc) is 3.38. The molecule has 0 saturated heterocycles. The van der Waals surface area contributed by atoms with E-state index in [1.165, 1.54) is 12.8 Å². The van der Waals surface area contributed by atoms with E-state index < -0.39 is 6.17 Å². The van der Waals surface area contributed by atoms with Crippen molar-refractivity contribution >= 4 is 12.4 Å². The monoisotopic (exact) mass is 536 g/mol. The molecule has 0 aromatic heterocycles. The number of alkyl halides is 1. The zero-order chi connectivity index (χ0) is 28.3. The molecule has 4 bridgehead atoms. The highest BCUT2D eigenvalue weighted by Crippen LogP contribution is 2.69. The molecule has 0 aromatic rings. The summed E-state index contributed by atoms with van der Waals surface area (Å²) in [5.41, 5.74) is -1.03. The van der Waals surface area contributed by atoms with Crippen molar-refractivity contribution in [3.8, 4) is 0 Å². The second-order valence-electron chi connectivity index (χ2n) is 13.8. The van der Waals surface area contributed by atoms with Crippen LogP contribution in [-0.4, -0.2) is 29.8 Å². The Morgan fingerprint density at radius 2 is 1.61 bits per heavy atom. The summed E-state index contributed by atoms with van der Waals surface area (Å²) in [5, 5.41) is 0. The molecular weight excluding hydrogens is 479 g/mol. The first kappa shape index (κ1) is 31.4. The number of hydrogen-bond donors (Lipinski definition) is 0. The standard InChI is InChI=1S/C29H48O4.C4H9F/c1-7-11-22(8-2)29(9-3,10-4)33-26(31)27(5)16-20-14-21(17-27)25-23-15-19(24(20)25)12-13-28(23,6)32-18-30;1-3-4(2)5/h18-25H,7-17H2,1-6H3;4H,3H2,1-2H3. The summed E-state index contributed by atoms with van der Waals surface area (Å²) in [6.07, 6.45) is 11.7. The lowest BCUT2D eigenvalue weighted by atomic mass is 9.64. The van der Waals surface area contributed by atoms with Gasteiger partial charge in [-0.15, -0.1) is 0 Å². The molecule has 4 aliphatic carbocycles. The van der Waals surface area contributed by atoms with Gasteiger partial charge < -0.3 is 9.47 Å². The van der Waals surface area contributed by atoms with E-state index in [1.54, 1.807) is 6.92 Å². The third-order valence-corrected chi connectivity index (χ3v) is 11.7. The van der Waals surface area contributed by atoms with Crippen LogP contribution in [0.5, 0.6) is 0 Å². The van der Waals surface area contributed by atoms with Gasteiger partial charge in [-0.2, -0.15) is 0 Å². The van der Waals surface area contributed by atoms with Gasteiger partial charge in [-0.1, -0.05) is 41.0 Å². The lowest BCUT2D eigenvalue weighted by Gasteiger charge is -2.45. The van der Waals surface area contributed by atoms with Gasteiger partial charge in [0.25, 0.3) is 6.47 Å². The Morgan fingerprint density at radius 1 is 1.00 bits per heavy atom. The van der Waals surface area contributed by atoms with Crippen LogP contribution < -0.4 is 0 Å². The predicted molar refractivity (Wildman–Crippen MR) is 151 cm³/mol. The average molecular weight is 537 g/mol. The van der Waals surface area contributed by atoms with E-state index >= 15 is 0 Å². The van der Waals surface area contributed by atoms with Gasteiger partial charge >= 0.3 is 5.97 Å². The summed E-state index contributed by atoms with van der Waals surface area (Å²) in [5.74, 6) is 4.19. The minimum absolute atomic E-state index is 0.0625. The largest absolute Gasteiger partial charge is 0.461 e. The summed E-state index contributed by atoms with van der Waals surface area (Å²) in [6, 6.07) is 0. The van der Waals surface area contributed by atoms with E-state index in [0.717, 1.165) is 63.7 Å². The summed E-state index contributed by atoms with van der Waals surface area (Å²) in [7, 11) is 0. The zero-order valence-electron chi connectivity index (χ0n) is 25.7. The van der Waals surface area contributed by atoms with Gasteiger partial charge in [0.05, 0.1) is 11.6 Å². The van der Waals surface area contributed by atoms with Crippen molar-refractivity contribution in [3.05, 3.63) is 0 Å². The van der Waals surface area contributed by atoms with E-state index in [9.17, 15) is 14.0 Å². The van der Waals surface area contributed by atoms with E-state index in [2.05, 4.69) is 41.5 Å². The van der Waals surface area contributed by atoms with Gasteiger partial charge in [0.1, 0.15) is 11.2 Å². The maximum absolute atomic E-state index is 13.9. The second-order valence-corrected chi connectivity index (χ2v) is 13.8. The molecule has 4 fully saturated rings. The van der Waals surface area contributed by atoms with Gasteiger partial charge in [0.15, 0.2) is 0 Å². The number of rotatable bonds is 11. The highest BCUT2D eigenvalue weighted by molar-refractivity contribution is 5.77. The Balaban J connectivity index is 0.000000732. The zero-order valence-corrected chi connectivity index (χ0v) is 25.7. The van der Waals surface area contributed by atoms with E-state index in [-0.39, 0.29) is 22.6 Å². The van der Waals surface area contributed by atoms with Crippen molar-refractivity contribution in [2.24, 2.45) is 46.8 Å².